The Labute approximate surface area is 188 Å². The number of likely N-dealkylation sites (tertiary alicyclic amines) is 1. The summed E-state index contributed by atoms with van der Waals surface area (Å²) in [4.78, 5) is 6.08. The van der Waals surface area contributed by atoms with Crippen molar-refractivity contribution in [3.05, 3.63) is 53.7 Å². The second kappa shape index (κ2) is 7.96. The summed E-state index contributed by atoms with van der Waals surface area (Å²) in [5.41, 5.74) is 8.60. The molecule has 5 rings (SSSR count). The van der Waals surface area contributed by atoms with E-state index in [1.165, 1.54) is 17.2 Å². The van der Waals surface area contributed by atoms with Crippen LogP contribution in [0, 0.1) is 6.92 Å². The molecule has 4 heterocycles. The fourth-order valence-electron chi connectivity index (χ4n) is 4.53. The van der Waals surface area contributed by atoms with Gasteiger partial charge in [-0.05, 0) is 48.7 Å². The van der Waals surface area contributed by atoms with E-state index >= 15 is 0 Å². The van der Waals surface area contributed by atoms with Gasteiger partial charge in [0.1, 0.15) is 23.0 Å². The molecule has 3 aromatic heterocycles. The molecule has 1 unspecified atom stereocenters. The summed E-state index contributed by atoms with van der Waals surface area (Å²) in [7, 11) is 1.57. The van der Waals surface area contributed by atoms with Crippen LogP contribution in [-0.2, 0) is 0 Å². The summed E-state index contributed by atoms with van der Waals surface area (Å²) >= 11 is 0. The average Bonchev–Trinajstić information content (AvgIpc) is 3.38. The van der Waals surface area contributed by atoms with Gasteiger partial charge in [-0.2, -0.15) is 13.2 Å². The predicted molar refractivity (Wildman–Crippen MR) is 118 cm³/mol. The van der Waals surface area contributed by atoms with E-state index in [1.54, 1.807) is 23.6 Å². The van der Waals surface area contributed by atoms with Gasteiger partial charge in [0.15, 0.2) is 11.5 Å². The number of nitrogens with zero attached hydrogens (tertiary/aromatic N) is 5. The summed E-state index contributed by atoms with van der Waals surface area (Å²) in [6.07, 6.45) is -2.46. The molecule has 0 aliphatic carbocycles. The topological polar surface area (TPSA) is 81.6 Å². The van der Waals surface area contributed by atoms with Crippen molar-refractivity contribution in [1.82, 2.24) is 24.5 Å². The van der Waals surface area contributed by atoms with Crippen LogP contribution in [0.2, 0.25) is 0 Å². The molecular weight excluding hydrogens is 433 g/mol. The van der Waals surface area contributed by atoms with Crippen molar-refractivity contribution >= 4 is 16.6 Å². The first-order valence-electron chi connectivity index (χ1n) is 10.6. The highest BCUT2D eigenvalue weighted by Crippen LogP contribution is 2.39. The molecule has 0 bridgehead atoms. The van der Waals surface area contributed by atoms with E-state index in [4.69, 9.17) is 15.5 Å². The highest BCUT2D eigenvalue weighted by Gasteiger charge is 2.46. The summed E-state index contributed by atoms with van der Waals surface area (Å²) in [6.45, 7) is 2.46. The van der Waals surface area contributed by atoms with Crippen molar-refractivity contribution in [1.29, 1.82) is 0 Å². The number of hydrogen-bond donors (Lipinski definition) is 1. The van der Waals surface area contributed by atoms with Crippen LogP contribution in [0.15, 0.2) is 42.6 Å². The number of fused-ring (bicyclic) bond motifs is 2. The first-order chi connectivity index (χ1) is 15.7. The SMILES string of the molecule is COc1cc(C)cc2ccc(-c3nnc4ccc([C@@H](N5CCC(N)C5)C(F)(F)F)cn34)nc12. The smallest absolute Gasteiger partial charge is 0.408 e. The van der Waals surface area contributed by atoms with Crippen LogP contribution < -0.4 is 10.5 Å². The fourth-order valence-corrected chi connectivity index (χ4v) is 4.53. The number of ether oxygens (including phenoxy) is 1. The maximum absolute atomic E-state index is 14.1. The Hall–Kier alpha value is -3.24. The van der Waals surface area contributed by atoms with E-state index in [0.29, 0.717) is 41.4 Å². The van der Waals surface area contributed by atoms with Gasteiger partial charge in [0.05, 0.1) is 7.11 Å². The molecular formula is C23H23F3N6O. The van der Waals surface area contributed by atoms with Crippen LogP contribution in [0.3, 0.4) is 0 Å². The maximum atomic E-state index is 14.1. The van der Waals surface area contributed by atoms with Gasteiger partial charge >= 0.3 is 6.18 Å². The van der Waals surface area contributed by atoms with E-state index in [9.17, 15) is 13.2 Å². The lowest BCUT2D eigenvalue weighted by molar-refractivity contribution is -0.183. The van der Waals surface area contributed by atoms with Crippen LogP contribution in [0.5, 0.6) is 5.75 Å². The zero-order valence-corrected chi connectivity index (χ0v) is 18.2. The number of hydrogen-bond acceptors (Lipinski definition) is 6. The van der Waals surface area contributed by atoms with Crippen molar-refractivity contribution in [2.24, 2.45) is 5.73 Å². The molecule has 4 aromatic rings. The van der Waals surface area contributed by atoms with Crippen LogP contribution in [-0.4, -0.2) is 56.9 Å². The minimum Gasteiger partial charge on any atom is -0.494 e. The molecule has 1 aliphatic heterocycles. The quantitative estimate of drug-likeness (QED) is 0.502. The first-order valence-corrected chi connectivity index (χ1v) is 10.6. The standard InChI is InChI=1S/C23H23F3N6O/c1-13-9-14-3-5-17(28-20(14)18(10-13)33-2)22-30-29-19-6-4-15(11-32(19)22)21(23(24,25)26)31-8-7-16(27)12-31/h3-6,9-11,16,21H,7-8,12,27H2,1-2H3/t16?,21-/m1/s1. The van der Waals surface area contributed by atoms with Crippen molar-refractivity contribution in [3.63, 3.8) is 0 Å². The monoisotopic (exact) mass is 456 g/mol. The minimum absolute atomic E-state index is 0.110. The second-order valence-electron chi connectivity index (χ2n) is 8.44. The zero-order valence-electron chi connectivity index (χ0n) is 18.2. The molecule has 33 heavy (non-hydrogen) atoms. The molecule has 0 amide bonds. The van der Waals surface area contributed by atoms with Crippen molar-refractivity contribution < 1.29 is 17.9 Å². The zero-order chi connectivity index (χ0) is 23.3. The number of aromatic nitrogens is 4. The lowest BCUT2D eigenvalue weighted by Crippen LogP contribution is -2.38. The summed E-state index contributed by atoms with van der Waals surface area (Å²) in [5, 5.41) is 9.24. The Balaban J connectivity index is 1.62. The molecule has 0 spiro atoms. The Morgan fingerprint density at radius 3 is 2.67 bits per heavy atom. The number of alkyl halides is 3. The van der Waals surface area contributed by atoms with E-state index in [-0.39, 0.29) is 18.2 Å². The van der Waals surface area contributed by atoms with Gasteiger partial charge in [-0.25, -0.2) is 4.98 Å². The highest BCUT2D eigenvalue weighted by atomic mass is 19.4. The molecule has 0 saturated carbocycles. The van der Waals surface area contributed by atoms with Crippen LogP contribution in [0.25, 0.3) is 28.1 Å². The largest absolute Gasteiger partial charge is 0.494 e. The molecule has 1 fully saturated rings. The number of rotatable bonds is 4. The van der Waals surface area contributed by atoms with Gasteiger partial charge in [0, 0.05) is 30.7 Å². The summed E-state index contributed by atoms with van der Waals surface area (Å²) < 4.78 is 49.3. The Bertz CT molecular complexity index is 1340. The number of nitrogens with two attached hydrogens (primary N) is 1. The molecule has 2 N–H and O–H groups in total. The van der Waals surface area contributed by atoms with E-state index < -0.39 is 12.2 Å². The van der Waals surface area contributed by atoms with E-state index in [0.717, 1.165) is 10.9 Å². The Morgan fingerprint density at radius 1 is 1.15 bits per heavy atom. The number of halogens is 3. The van der Waals surface area contributed by atoms with Crippen LogP contribution in [0.1, 0.15) is 23.6 Å². The average molecular weight is 456 g/mol. The summed E-state index contributed by atoms with van der Waals surface area (Å²) in [5.74, 6) is 0.972. The molecule has 10 heteroatoms. The molecule has 0 radical (unpaired) electrons. The number of aryl methyl sites for hydroxylation is 1. The van der Waals surface area contributed by atoms with Gasteiger partial charge in [0.25, 0.3) is 0 Å². The third-order valence-corrected chi connectivity index (χ3v) is 6.02. The van der Waals surface area contributed by atoms with E-state index in [1.807, 2.05) is 25.1 Å². The first kappa shape index (κ1) is 21.6. The fraction of sp³-hybridized carbons (Fsp3) is 0.348. The van der Waals surface area contributed by atoms with Gasteiger partial charge < -0.3 is 10.5 Å². The number of methoxy groups -OCH3 is 1. The Morgan fingerprint density at radius 2 is 1.97 bits per heavy atom. The van der Waals surface area contributed by atoms with Gasteiger partial charge in [-0.1, -0.05) is 12.1 Å². The normalized spacial score (nSPS) is 18.3. The number of benzene rings is 1. The summed E-state index contributed by atoms with van der Waals surface area (Å²) in [6, 6.07) is 8.54. The van der Waals surface area contributed by atoms with Crippen LogP contribution >= 0.6 is 0 Å². The lowest BCUT2D eigenvalue weighted by Gasteiger charge is -2.30. The van der Waals surface area contributed by atoms with Crippen LogP contribution in [0.4, 0.5) is 13.2 Å². The van der Waals surface area contributed by atoms with Gasteiger partial charge in [0.2, 0.25) is 0 Å². The molecule has 7 nitrogen and oxygen atoms in total. The third-order valence-electron chi connectivity index (χ3n) is 6.02. The van der Waals surface area contributed by atoms with E-state index in [2.05, 4.69) is 10.2 Å². The number of pyridine rings is 2. The van der Waals surface area contributed by atoms with Gasteiger partial charge in [-0.3, -0.25) is 9.30 Å². The third kappa shape index (κ3) is 3.89. The Kier molecular flexibility index (Phi) is 5.21. The minimum atomic E-state index is -4.45. The molecule has 172 valence electrons. The van der Waals surface area contributed by atoms with Crippen molar-refractivity contribution in [2.45, 2.75) is 31.6 Å². The highest BCUT2D eigenvalue weighted by molar-refractivity contribution is 5.87. The lowest BCUT2D eigenvalue weighted by atomic mass is 10.1. The van der Waals surface area contributed by atoms with Crippen molar-refractivity contribution in [3.8, 4) is 17.3 Å². The van der Waals surface area contributed by atoms with Gasteiger partial charge in [-0.15, -0.1) is 10.2 Å². The maximum Gasteiger partial charge on any atom is 0.408 e. The molecule has 1 saturated heterocycles. The van der Waals surface area contributed by atoms with Crippen molar-refractivity contribution in [2.75, 3.05) is 20.2 Å². The predicted octanol–water partition coefficient (Wildman–Crippen LogP) is 3.90. The molecule has 1 aromatic carbocycles. The molecule has 1 aliphatic rings. The molecule has 2 atom stereocenters. The second-order valence-corrected chi connectivity index (χ2v) is 8.44.